The fourth-order valence-corrected chi connectivity index (χ4v) is 3.20. The van der Waals surface area contributed by atoms with Crippen molar-refractivity contribution in [2.75, 3.05) is 18.5 Å². The number of rotatable bonds is 3. The Morgan fingerprint density at radius 1 is 1.19 bits per heavy atom. The Bertz CT molecular complexity index is 1000. The van der Waals surface area contributed by atoms with Gasteiger partial charge in [0.1, 0.15) is 17.3 Å². The minimum Gasteiger partial charge on any atom is -0.469 e. The highest BCUT2D eigenvalue weighted by Gasteiger charge is 2.54. The molecule has 4 rings (SSSR count). The number of para-hydroxylation sites is 1. The van der Waals surface area contributed by atoms with Gasteiger partial charge in [-0.1, -0.05) is 12.1 Å². The third-order valence-corrected chi connectivity index (χ3v) is 4.48. The van der Waals surface area contributed by atoms with Gasteiger partial charge in [-0.3, -0.25) is 4.79 Å². The Balaban J connectivity index is 1.87. The number of nitrogens with zero attached hydrogens (tertiary/aromatic N) is 2. The molecule has 0 saturated carbocycles. The molecule has 1 atom stereocenters. The molecular weight excluding hydrogens is 353 g/mol. The molecule has 0 aromatic heterocycles. The van der Waals surface area contributed by atoms with Gasteiger partial charge >= 0.3 is 11.9 Å². The van der Waals surface area contributed by atoms with Gasteiger partial charge in [0.25, 0.3) is 12.0 Å². The predicted octanol–water partition coefficient (Wildman–Crippen LogP) is 1.30. The zero-order chi connectivity index (χ0) is 19.1. The molecular formula is C19H15FN3O4+. The lowest BCUT2D eigenvalue weighted by Crippen LogP contribution is -2.59. The lowest BCUT2D eigenvalue weighted by Gasteiger charge is -2.23. The van der Waals surface area contributed by atoms with Crippen LogP contribution in [0.2, 0.25) is 0 Å². The van der Waals surface area contributed by atoms with Crippen molar-refractivity contribution in [2.24, 2.45) is 0 Å². The highest BCUT2D eigenvalue weighted by atomic mass is 19.1. The Hall–Kier alpha value is -3.55. The van der Waals surface area contributed by atoms with E-state index in [4.69, 9.17) is 4.74 Å². The van der Waals surface area contributed by atoms with Crippen molar-refractivity contribution in [3.8, 4) is 5.75 Å². The van der Waals surface area contributed by atoms with Gasteiger partial charge in [-0.25, -0.2) is 9.18 Å². The fraction of sp³-hybridized carbons (Fsp3) is 0.158. The van der Waals surface area contributed by atoms with Crippen molar-refractivity contribution in [1.82, 2.24) is 5.32 Å². The minimum absolute atomic E-state index is 0.201. The first-order valence-corrected chi connectivity index (χ1v) is 8.26. The molecule has 0 aliphatic carbocycles. The van der Waals surface area contributed by atoms with Crippen LogP contribution in [0.15, 0.2) is 48.5 Å². The number of likely N-dealkylation sites (N-methyl/N-ethyl adjacent to an activating group) is 1. The summed E-state index contributed by atoms with van der Waals surface area (Å²) in [5.41, 5.74) is 1.13. The highest BCUT2D eigenvalue weighted by molar-refractivity contribution is 6.29. The first kappa shape index (κ1) is 16.9. The average molecular weight is 368 g/mol. The number of nitrogens with one attached hydrogen (secondary N) is 1. The smallest absolute Gasteiger partial charge is 0.469 e. The second-order valence-corrected chi connectivity index (χ2v) is 6.07. The van der Waals surface area contributed by atoms with Crippen molar-refractivity contribution in [1.29, 1.82) is 0 Å². The number of ether oxygens (including phenoxy) is 1. The molecule has 0 fully saturated rings. The maximum absolute atomic E-state index is 13.3. The molecule has 8 heteroatoms. The lowest BCUT2D eigenvalue weighted by molar-refractivity contribution is -0.417. The van der Waals surface area contributed by atoms with Gasteiger partial charge in [0.05, 0.1) is 5.56 Å². The number of urea groups is 1. The number of fused-ring (bicyclic) bond motifs is 3. The van der Waals surface area contributed by atoms with Gasteiger partial charge in [-0.05, 0) is 36.4 Å². The van der Waals surface area contributed by atoms with Crippen LogP contribution in [0.3, 0.4) is 0 Å². The van der Waals surface area contributed by atoms with E-state index in [-0.39, 0.29) is 12.2 Å². The van der Waals surface area contributed by atoms with E-state index < -0.39 is 29.8 Å². The van der Waals surface area contributed by atoms with Crippen LogP contribution in [0.1, 0.15) is 5.56 Å². The molecule has 7 nitrogen and oxygen atoms in total. The third kappa shape index (κ3) is 2.66. The highest BCUT2D eigenvalue weighted by Crippen LogP contribution is 2.33. The molecule has 136 valence electrons. The number of anilines is 1. The number of benzene rings is 2. The van der Waals surface area contributed by atoms with Crippen LogP contribution in [0.4, 0.5) is 14.9 Å². The molecule has 1 N–H and O–H groups in total. The van der Waals surface area contributed by atoms with Crippen LogP contribution in [-0.4, -0.2) is 47.8 Å². The summed E-state index contributed by atoms with van der Waals surface area (Å²) in [7, 11) is 1.46. The Labute approximate surface area is 153 Å². The molecule has 1 unspecified atom stereocenters. The summed E-state index contributed by atoms with van der Waals surface area (Å²) >= 11 is 0. The quantitative estimate of drug-likeness (QED) is 0.829. The molecule has 2 aromatic carbocycles. The van der Waals surface area contributed by atoms with Gasteiger partial charge in [-0.15, -0.1) is 4.90 Å². The third-order valence-electron chi connectivity index (χ3n) is 4.48. The van der Waals surface area contributed by atoms with Crippen LogP contribution < -0.4 is 15.0 Å². The fourth-order valence-electron chi connectivity index (χ4n) is 3.20. The van der Waals surface area contributed by atoms with Crippen molar-refractivity contribution < 1.29 is 28.1 Å². The first-order valence-electron chi connectivity index (χ1n) is 8.26. The summed E-state index contributed by atoms with van der Waals surface area (Å²) in [6.07, 6.45) is -1.06. The lowest BCUT2D eigenvalue weighted by atomic mass is 10.0. The van der Waals surface area contributed by atoms with E-state index in [1.165, 1.54) is 23.8 Å². The largest absolute Gasteiger partial charge is 0.506 e. The summed E-state index contributed by atoms with van der Waals surface area (Å²) in [6.45, 7) is -0.274. The van der Waals surface area contributed by atoms with Crippen LogP contribution >= 0.6 is 0 Å². The summed E-state index contributed by atoms with van der Waals surface area (Å²) in [6, 6.07) is 11.2. The van der Waals surface area contributed by atoms with Gasteiger partial charge in [0.15, 0.2) is 12.3 Å². The molecule has 0 radical (unpaired) electrons. The zero-order valence-electron chi connectivity index (χ0n) is 14.3. The number of hydrogen-bond donors (Lipinski definition) is 1. The van der Waals surface area contributed by atoms with E-state index in [1.54, 1.807) is 24.3 Å². The Kier molecular flexibility index (Phi) is 3.95. The molecule has 2 aliphatic heterocycles. The van der Waals surface area contributed by atoms with Gasteiger partial charge in [-0.2, -0.15) is 9.37 Å². The number of amides is 4. The van der Waals surface area contributed by atoms with E-state index in [1.807, 2.05) is 0 Å². The summed E-state index contributed by atoms with van der Waals surface area (Å²) in [5, 5.41) is 2.47. The van der Waals surface area contributed by atoms with E-state index in [2.05, 4.69) is 5.32 Å². The number of imide groups is 1. The van der Waals surface area contributed by atoms with Gasteiger partial charge in [0, 0.05) is 7.05 Å². The van der Waals surface area contributed by atoms with Crippen LogP contribution in [0, 0.1) is 5.82 Å². The molecule has 2 heterocycles. The summed E-state index contributed by atoms with van der Waals surface area (Å²) in [5.74, 6) is -1.02. The number of halogens is 1. The molecule has 0 spiro atoms. The van der Waals surface area contributed by atoms with Gasteiger partial charge in [0.2, 0.25) is 0 Å². The predicted molar refractivity (Wildman–Crippen MR) is 93.4 cm³/mol. The van der Waals surface area contributed by atoms with Gasteiger partial charge < -0.3 is 10.1 Å². The molecule has 0 saturated heterocycles. The molecule has 2 aromatic rings. The number of carbonyl (C=O) groups excluding carboxylic acids is 3. The summed E-state index contributed by atoms with van der Waals surface area (Å²) < 4.78 is 20.2. The van der Waals surface area contributed by atoms with E-state index in [9.17, 15) is 18.8 Å². The van der Waals surface area contributed by atoms with Crippen LogP contribution in [-0.2, 0) is 9.59 Å². The maximum atomic E-state index is 13.3. The topological polar surface area (TPSA) is 78.7 Å². The molecule has 2 aliphatic rings. The second-order valence-electron chi connectivity index (χ2n) is 6.07. The first-order chi connectivity index (χ1) is 13.0. The van der Waals surface area contributed by atoms with Crippen molar-refractivity contribution >= 4 is 29.2 Å². The van der Waals surface area contributed by atoms with Crippen molar-refractivity contribution in [3.05, 3.63) is 59.9 Å². The van der Waals surface area contributed by atoms with E-state index >= 15 is 0 Å². The Morgan fingerprint density at radius 2 is 1.89 bits per heavy atom. The zero-order valence-corrected chi connectivity index (χ0v) is 14.3. The number of carbonyl (C=O) groups is 3. The molecule has 27 heavy (non-hydrogen) atoms. The summed E-state index contributed by atoms with van der Waals surface area (Å²) in [4.78, 5) is 39.0. The van der Waals surface area contributed by atoms with Crippen LogP contribution in [0.25, 0.3) is 0 Å². The molecule has 4 amide bonds. The SMILES string of the molecule is CNC(=O)C[N+]1=C2c3ccccc3OC2C(=O)N(c2ccc(F)cc2)C1=O. The normalized spacial score (nSPS) is 18.1. The maximum Gasteiger partial charge on any atom is 0.506 e. The monoisotopic (exact) mass is 368 g/mol. The van der Waals surface area contributed by atoms with Crippen molar-refractivity contribution in [2.45, 2.75) is 6.10 Å². The Morgan fingerprint density at radius 3 is 2.59 bits per heavy atom. The second kappa shape index (κ2) is 6.31. The number of hydrogen-bond acceptors (Lipinski definition) is 4. The van der Waals surface area contributed by atoms with Crippen molar-refractivity contribution in [3.63, 3.8) is 0 Å². The standard InChI is InChI=1S/C19H14FN3O4/c1-21-15(24)10-22-16-13-4-2-3-5-14(13)27-17(16)18(25)23(19(22)26)12-8-6-11(20)7-9-12/h2-9,17H,10H2,1H3/p+1. The molecule has 0 bridgehead atoms. The average Bonchev–Trinajstić information content (AvgIpc) is 3.06. The van der Waals surface area contributed by atoms with Crippen LogP contribution in [0.5, 0.6) is 5.75 Å². The van der Waals surface area contributed by atoms with E-state index in [0.717, 1.165) is 17.0 Å². The minimum atomic E-state index is -1.06. The van der Waals surface area contributed by atoms with E-state index in [0.29, 0.717) is 17.0 Å².